The van der Waals surface area contributed by atoms with E-state index in [9.17, 15) is 8.42 Å². The summed E-state index contributed by atoms with van der Waals surface area (Å²) in [6.07, 6.45) is 2.65. The summed E-state index contributed by atoms with van der Waals surface area (Å²) in [6, 6.07) is 2.92. The van der Waals surface area contributed by atoms with Crippen LogP contribution >= 0.6 is 35.0 Å². The van der Waals surface area contributed by atoms with Gasteiger partial charge in [0.05, 0.1) is 5.02 Å². The van der Waals surface area contributed by atoms with Gasteiger partial charge < -0.3 is 5.32 Å². The van der Waals surface area contributed by atoms with Gasteiger partial charge in [-0.25, -0.2) is 13.1 Å². The Morgan fingerprint density at radius 3 is 2.52 bits per heavy atom. The van der Waals surface area contributed by atoms with Gasteiger partial charge >= 0.3 is 0 Å². The lowest BCUT2D eigenvalue weighted by molar-refractivity contribution is 0.558. The molecular formula is C13H20Cl2N2O2S2. The molecule has 1 unspecified atom stereocenters. The van der Waals surface area contributed by atoms with E-state index in [1.54, 1.807) is 24.9 Å². The maximum atomic E-state index is 12.5. The first-order valence-electron chi connectivity index (χ1n) is 6.49. The smallest absolute Gasteiger partial charge is 0.242 e. The van der Waals surface area contributed by atoms with Crippen molar-refractivity contribution in [3.05, 3.63) is 27.7 Å². The number of hydrogen-bond donors (Lipinski definition) is 2. The second kappa shape index (κ2) is 8.60. The minimum Gasteiger partial charge on any atom is -0.316 e. The highest BCUT2D eigenvalue weighted by atomic mass is 35.5. The molecule has 1 aromatic rings. The van der Waals surface area contributed by atoms with E-state index in [1.807, 2.05) is 13.2 Å². The number of halogens is 2. The number of thioether (sulfide) groups is 1. The van der Waals surface area contributed by atoms with Crippen LogP contribution in [0.4, 0.5) is 0 Å². The first-order valence-corrected chi connectivity index (χ1v) is 10.1. The van der Waals surface area contributed by atoms with Crippen molar-refractivity contribution in [3.8, 4) is 0 Å². The minimum atomic E-state index is -3.70. The summed E-state index contributed by atoms with van der Waals surface area (Å²) in [6.45, 7) is 2.39. The average Bonchev–Trinajstić information content (AvgIpc) is 2.41. The standard InChI is InChI=1S/C13H20Cl2N2O2S2/c1-4-11(8-20-3)17-21(18,19)12-6-10(14)5-9(7-16-2)13(12)15/h5-6,11,16-17H,4,7-8H2,1-3H3. The van der Waals surface area contributed by atoms with Gasteiger partial charge in [-0.2, -0.15) is 11.8 Å². The molecule has 0 saturated heterocycles. The molecule has 0 spiro atoms. The lowest BCUT2D eigenvalue weighted by Crippen LogP contribution is -2.36. The Morgan fingerprint density at radius 2 is 2.00 bits per heavy atom. The molecule has 120 valence electrons. The SMILES string of the molecule is CCC(CSC)NS(=O)(=O)c1cc(Cl)cc(CNC)c1Cl. The van der Waals surface area contributed by atoms with Crippen LogP contribution < -0.4 is 10.0 Å². The highest BCUT2D eigenvalue weighted by Gasteiger charge is 2.23. The lowest BCUT2D eigenvalue weighted by atomic mass is 10.2. The fourth-order valence-electron chi connectivity index (χ4n) is 1.85. The zero-order valence-electron chi connectivity index (χ0n) is 12.2. The van der Waals surface area contributed by atoms with Crippen LogP contribution in [-0.4, -0.2) is 33.5 Å². The number of rotatable bonds is 8. The first-order chi connectivity index (χ1) is 9.85. The molecule has 0 fully saturated rings. The van der Waals surface area contributed by atoms with Crippen molar-refractivity contribution in [2.45, 2.75) is 30.8 Å². The van der Waals surface area contributed by atoms with Gasteiger partial charge in [-0.1, -0.05) is 30.1 Å². The molecule has 0 aliphatic heterocycles. The molecule has 0 saturated carbocycles. The summed E-state index contributed by atoms with van der Waals surface area (Å²) in [7, 11) is -1.94. The fourth-order valence-corrected chi connectivity index (χ4v) is 4.93. The van der Waals surface area contributed by atoms with Gasteiger partial charge in [0.25, 0.3) is 0 Å². The zero-order chi connectivity index (χ0) is 16.0. The number of benzene rings is 1. The van der Waals surface area contributed by atoms with Crippen LogP contribution in [0.1, 0.15) is 18.9 Å². The third-order valence-electron chi connectivity index (χ3n) is 2.92. The maximum Gasteiger partial charge on any atom is 0.242 e. The maximum absolute atomic E-state index is 12.5. The molecule has 21 heavy (non-hydrogen) atoms. The second-order valence-electron chi connectivity index (χ2n) is 4.59. The third kappa shape index (κ3) is 5.30. The van der Waals surface area contributed by atoms with Crippen LogP contribution in [0.2, 0.25) is 10.0 Å². The molecule has 1 rings (SSSR count). The molecule has 0 bridgehead atoms. The van der Waals surface area contributed by atoms with Crippen LogP contribution in [0.3, 0.4) is 0 Å². The monoisotopic (exact) mass is 370 g/mol. The molecule has 0 aromatic heterocycles. The summed E-state index contributed by atoms with van der Waals surface area (Å²) in [5, 5.41) is 3.50. The van der Waals surface area contributed by atoms with E-state index in [-0.39, 0.29) is 16.0 Å². The summed E-state index contributed by atoms with van der Waals surface area (Å²) < 4.78 is 27.7. The number of nitrogens with one attached hydrogen (secondary N) is 2. The molecule has 8 heteroatoms. The van der Waals surface area contributed by atoms with Crippen molar-refractivity contribution in [2.75, 3.05) is 19.1 Å². The van der Waals surface area contributed by atoms with Crippen LogP contribution in [0.25, 0.3) is 0 Å². The summed E-state index contributed by atoms with van der Waals surface area (Å²) in [4.78, 5) is 0.0291. The topological polar surface area (TPSA) is 58.2 Å². The van der Waals surface area contributed by atoms with Gasteiger partial charge in [-0.3, -0.25) is 0 Å². The summed E-state index contributed by atoms with van der Waals surface area (Å²) >= 11 is 13.8. The highest BCUT2D eigenvalue weighted by molar-refractivity contribution is 7.98. The van der Waals surface area contributed by atoms with Crippen LogP contribution in [0.15, 0.2) is 17.0 Å². The van der Waals surface area contributed by atoms with Gasteiger partial charge in [-0.15, -0.1) is 0 Å². The van der Waals surface area contributed by atoms with Crippen molar-refractivity contribution in [1.29, 1.82) is 0 Å². The molecule has 2 N–H and O–H groups in total. The van der Waals surface area contributed by atoms with Gasteiger partial charge in [0.15, 0.2) is 0 Å². The van der Waals surface area contributed by atoms with Crippen LogP contribution in [0.5, 0.6) is 0 Å². The zero-order valence-corrected chi connectivity index (χ0v) is 15.4. The lowest BCUT2D eigenvalue weighted by Gasteiger charge is -2.18. The molecular weight excluding hydrogens is 351 g/mol. The number of sulfonamides is 1. The predicted molar refractivity (Wildman–Crippen MR) is 92.0 cm³/mol. The van der Waals surface area contributed by atoms with Crippen LogP contribution in [0, 0.1) is 0 Å². The quantitative estimate of drug-likeness (QED) is 0.737. The summed E-state index contributed by atoms with van der Waals surface area (Å²) in [5.41, 5.74) is 0.657. The Hall–Kier alpha value is 0.0200. The highest BCUT2D eigenvalue weighted by Crippen LogP contribution is 2.29. The molecule has 0 aliphatic carbocycles. The predicted octanol–water partition coefficient (Wildman–Crippen LogP) is 3.13. The van der Waals surface area contributed by atoms with Crippen molar-refractivity contribution in [3.63, 3.8) is 0 Å². The normalized spacial score (nSPS) is 13.4. The molecule has 0 heterocycles. The van der Waals surface area contributed by atoms with E-state index < -0.39 is 10.0 Å². The molecule has 0 radical (unpaired) electrons. The minimum absolute atomic E-state index is 0.0291. The average molecular weight is 371 g/mol. The first kappa shape index (κ1) is 19.1. The van der Waals surface area contributed by atoms with E-state index in [2.05, 4.69) is 10.0 Å². The van der Waals surface area contributed by atoms with Gasteiger partial charge in [-0.05, 0) is 37.4 Å². The van der Waals surface area contributed by atoms with Gasteiger partial charge in [0.1, 0.15) is 4.90 Å². The van der Waals surface area contributed by atoms with Crippen molar-refractivity contribution in [2.24, 2.45) is 0 Å². The van der Waals surface area contributed by atoms with Crippen LogP contribution in [-0.2, 0) is 16.6 Å². The second-order valence-corrected chi connectivity index (χ2v) is 8.00. The molecule has 0 amide bonds. The van der Waals surface area contributed by atoms with E-state index in [4.69, 9.17) is 23.2 Å². The Balaban J connectivity index is 3.18. The molecule has 1 atom stereocenters. The van der Waals surface area contributed by atoms with Gasteiger partial charge in [0, 0.05) is 23.4 Å². The Morgan fingerprint density at radius 1 is 1.33 bits per heavy atom. The van der Waals surface area contributed by atoms with E-state index in [1.165, 1.54) is 6.07 Å². The Labute approximate surface area is 141 Å². The van der Waals surface area contributed by atoms with Crippen molar-refractivity contribution >= 4 is 45.0 Å². The molecule has 0 aliphatic rings. The Bertz CT molecular complexity index is 580. The van der Waals surface area contributed by atoms with Gasteiger partial charge in [0.2, 0.25) is 10.0 Å². The Kier molecular flexibility index (Phi) is 7.81. The van der Waals surface area contributed by atoms with E-state index in [0.29, 0.717) is 29.3 Å². The van der Waals surface area contributed by atoms with E-state index in [0.717, 1.165) is 0 Å². The number of hydrogen-bond acceptors (Lipinski definition) is 4. The summed E-state index contributed by atoms with van der Waals surface area (Å²) in [5.74, 6) is 0.706. The third-order valence-corrected chi connectivity index (χ3v) is 5.98. The van der Waals surface area contributed by atoms with Crippen molar-refractivity contribution in [1.82, 2.24) is 10.0 Å². The van der Waals surface area contributed by atoms with E-state index >= 15 is 0 Å². The largest absolute Gasteiger partial charge is 0.316 e. The van der Waals surface area contributed by atoms with Crippen molar-refractivity contribution < 1.29 is 8.42 Å². The molecule has 4 nitrogen and oxygen atoms in total. The fraction of sp³-hybridized carbons (Fsp3) is 0.538. The molecule has 1 aromatic carbocycles.